The Kier molecular flexibility index (Phi) is 5.26. The third kappa shape index (κ3) is 3.50. The quantitative estimate of drug-likeness (QED) is 0.812. The minimum absolute atomic E-state index is 0.193. The van der Waals surface area contributed by atoms with Gasteiger partial charge in [-0.1, -0.05) is 5.57 Å². The molecule has 1 N–H and O–H groups in total. The van der Waals surface area contributed by atoms with E-state index in [2.05, 4.69) is 0 Å². The predicted octanol–water partition coefficient (Wildman–Crippen LogP) is 2.98. The van der Waals surface area contributed by atoms with Crippen molar-refractivity contribution in [2.24, 2.45) is 0 Å². The molecule has 0 aromatic carbocycles. The molecule has 0 aromatic heterocycles. The second-order valence-corrected chi connectivity index (χ2v) is 7.91. The smallest absolute Gasteiger partial charge is 0.334 e. The first-order valence-electron chi connectivity index (χ1n) is 6.88. The Morgan fingerprint density at radius 2 is 2.16 bits per heavy atom. The minimum atomic E-state index is -0.753. The number of allylic oxidation sites excluding steroid dienone is 1. The van der Waals surface area contributed by atoms with Crippen LogP contribution in [0, 0.1) is 0 Å². The van der Waals surface area contributed by atoms with E-state index in [0.717, 1.165) is 29.9 Å². The summed E-state index contributed by atoms with van der Waals surface area (Å²) in [6.45, 7) is 4.18. The van der Waals surface area contributed by atoms with Gasteiger partial charge in [0, 0.05) is 12.0 Å². The molecule has 1 saturated heterocycles. The number of hydrogen-bond donors (Lipinski definition) is 1. The van der Waals surface area contributed by atoms with E-state index in [4.69, 9.17) is 4.74 Å². The molecule has 0 bridgehead atoms. The normalized spacial score (nSPS) is 29.4. The summed E-state index contributed by atoms with van der Waals surface area (Å²) in [6, 6.07) is 0. The first-order valence-corrected chi connectivity index (χ1v) is 8.98. The fourth-order valence-corrected chi connectivity index (χ4v) is 5.78. The fraction of sp³-hybridized carbons (Fsp3) is 0.786. The Hall–Kier alpha value is -0.130. The highest BCUT2D eigenvalue weighted by Crippen LogP contribution is 2.46. The van der Waals surface area contributed by atoms with E-state index in [1.807, 2.05) is 37.4 Å². The van der Waals surface area contributed by atoms with Crippen molar-refractivity contribution in [3.63, 3.8) is 0 Å². The summed E-state index contributed by atoms with van der Waals surface area (Å²) in [6.07, 6.45) is 3.21. The molecule has 0 aromatic rings. The maximum Gasteiger partial charge on any atom is 0.334 e. The second kappa shape index (κ2) is 6.55. The van der Waals surface area contributed by atoms with Gasteiger partial charge in [-0.2, -0.15) is 0 Å². The van der Waals surface area contributed by atoms with E-state index >= 15 is 0 Å². The number of carbonyl (C=O) groups is 1. The van der Waals surface area contributed by atoms with E-state index < -0.39 is 5.60 Å². The highest BCUT2D eigenvalue weighted by Gasteiger charge is 2.43. The van der Waals surface area contributed by atoms with Gasteiger partial charge in [-0.25, -0.2) is 4.79 Å². The maximum atomic E-state index is 12.0. The zero-order valence-corrected chi connectivity index (χ0v) is 13.2. The van der Waals surface area contributed by atoms with Crippen LogP contribution in [0.25, 0.3) is 0 Å². The average molecular weight is 302 g/mol. The largest absolute Gasteiger partial charge is 0.463 e. The number of ether oxygens (including phenoxy) is 1. The van der Waals surface area contributed by atoms with Gasteiger partial charge in [0.25, 0.3) is 0 Å². The van der Waals surface area contributed by atoms with Crippen molar-refractivity contribution in [3.05, 3.63) is 11.1 Å². The number of hydrogen-bond acceptors (Lipinski definition) is 5. The Balaban J connectivity index is 2.11. The highest BCUT2D eigenvalue weighted by atomic mass is 32.2. The lowest BCUT2D eigenvalue weighted by Gasteiger charge is -2.40. The monoisotopic (exact) mass is 302 g/mol. The summed E-state index contributed by atoms with van der Waals surface area (Å²) in [4.78, 5) is 12.0. The molecule has 0 saturated carbocycles. The Bertz CT molecular complexity index is 375. The Morgan fingerprint density at radius 3 is 2.79 bits per heavy atom. The number of aliphatic hydroxyl groups is 1. The molecule has 1 aliphatic heterocycles. The van der Waals surface area contributed by atoms with Gasteiger partial charge in [-0.15, -0.1) is 23.5 Å². The van der Waals surface area contributed by atoms with Gasteiger partial charge >= 0.3 is 5.97 Å². The molecular formula is C14H22O3S2. The molecule has 3 nitrogen and oxygen atoms in total. The van der Waals surface area contributed by atoms with Crippen LogP contribution >= 0.6 is 23.5 Å². The molecule has 19 heavy (non-hydrogen) atoms. The number of rotatable bonds is 3. The van der Waals surface area contributed by atoms with Crippen molar-refractivity contribution < 1.29 is 14.6 Å². The Morgan fingerprint density at radius 1 is 1.47 bits per heavy atom. The molecule has 0 spiro atoms. The molecule has 2 rings (SSSR count). The van der Waals surface area contributed by atoms with E-state index in [-0.39, 0.29) is 10.6 Å². The molecule has 1 fully saturated rings. The number of thioether (sulfide) groups is 2. The molecule has 108 valence electrons. The van der Waals surface area contributed by atoms with Crippen molar-refractivity contribution >= 4 is 29.5 Å². The van der Waals surface area contributed by atoms with Crippen molar-refractivity contribution in [1.82, 2.24) is 0 Å². The third-order valence-electron chi connectivity index (χ3n) is 3.72. The molecule has 5 heteroatoms. The summed E-state index contributed by atoms with van der Waals surface area (Å²) in [5, 5.41) is 10.9. The van der Waals surface area contributed by atoms with Gasteiger partial charge in [0.15, 0.2) is 0 Å². The lowest BCUT2D eigenvalue weighted by atomic mass is 9.82. The van der Waals surface area contributed by atoms with Crippen LogP contribution in [-0.4, -0.2) is 39.4 Å². The maximum absolute atomic E-state index is 12.0. The summed E-state index contributed by atoms with van der Waals surface area (Å²) in [7, 11) is 0. The topological polar surface area (TPSA) is 46.5 Å². The van der Waals surface area contributed by atoms with Crippen molar-refractivity contribution in [2.75, 3.05) is 18.1 Å². The first kappa shape index (κ1) is 15.3. The van der Waals surface area contributed by atoms with Crippen LogP contribution in [0.2, 0.25) is 0 Å². The molecule has 1 aliphatic carbocycles. The van der Waals surface area contributed by atoms with Crippen LogP contribution in [0.3, 0.4) is 0 Å². The summed E-state index contributed by atoms with van der Waals surface area (Å²) >= 11 is 3.67. The predicted molar refractivity (Wildman–Crippen MR) is 81.5 cm³/mol. The fourth-order valence-electron chi connectivity index (χ4n) is 2.56. The van der Waals surface area contributed by atoms with Crippen molar-refractivity contribution in [3.8, 4) is 0 Å². The van der Waals surface area contributed by atoms with Crippen LogP contribution in [0.1, 0.15) is 39.5 Å². The SMILES string of the molecule is CCOC(=O)C1=C(C)CCC(O)(C2SCCCS2)C1. The number of carbonyl (C=O) groups excluding carboxylic acids is 1. The van der Waals surface area contributed by atoms with Gasteiger partial charge in [-0.3, -0.25) is 0 Å². The molecule has 1 atom stereocenters. The van der Waals surface area contributed by atoms with E-state index in [1.165, 1.54) is 6.42 Å². The van der Waals surface area contributed by atoms with Crippen LogP contribution in [0.5, 0.6) is 0 Å². The lowest BCUT2D eigenvalue weighted by Crippen LogP contribution is -2.43. The molecule has 0 amide bonds. The summed E-state index contributed by atoms with van der Waals surface area (Å²) in [5.74, 6) is 1.97. The zero-order chi connectivity index (χ0) is 13.9. The van der Waals surface area contributed by atoms with Gasteiger partial charge < -0.3 is 9.84 Å². The summed E-state index contributed by atoms with van der Waals surface area (Å²) < 4.78 is 5.30. The molecule has 1 heterocycles. The van der Waals surface area contributed by atoms with Gasteiger partial charge in [0.2, 0.25) is 0 Å². The van der Waals surface area contributed by atoms with Gasteiger partial charge in [-0.05, 0) is 44.6 Å². The van der Waals surface area contributed by atoms with Crippen molar-refractivity contribution in [1.29, 1.82) is 0 Å². The van der Waals surface area contributed by atoms with Crippen LogP contribution in [0.4, 0.5) is 0 Å². The van der Waals surface area contributed by atoms with E-state index in [0.29, 0.717) is 18.6 Å². The van der Waals surface area contributed by atoms with Gasteiger partial charge in [0.1, 0.15) is 0 Å². The second-order valence-electron chi connectivity index (χ2n) is 5.19. The first-order chi connectivity index (χ1) is 9.07. The average Bonchev–Trinajstić information content (AvgIpc) is 2.43. The van der Waals surface area contributed by atoms with Crippen molar-refractivity contribution in [2.45, 2.75) is 49.7 Å². The molecule has 2 aliphatic rings. The van der Waals surface area contributed by atoms with Crippen LogP contribution in [0.15, 0.2) is 11.1 Å². The van der Waals surface area contributed by atoms with Gasteiger partial charge in [0.05, 0.1) is 16.8 Å². The zero-order valence-electron chi connectivity index (χ0n) is 11.6. The number of esters is 1. The lowest BCUT2D eigenvalue weighted by molar-refractivity contribution is -0.139. The highest BCUT2D eigenvalue weighted by molar-refractivity contribution is 8.17. The molecular weight excluding hydrogens is 280 g/mol. The molecule has 1 unspecified atom stereocenters. The standard InChI is InChI=1S/C14H22O3S2/c1-3-17-12(15)11-9-14(16,6-5-10(11)2)13-18-7-4-8-19-13/h13,16H,3-9H2,1-2H3. The Labute approximate surface area is 123 Å². The van der Waals surface area contributed by atoms with Crippen LogP contribution in [-0.2, 0) is 9.53 Å². The van der Waals surface area contributed by atoms with E-state index in [9.17, 15) is 9.90 Å². The molecule has 0 radical (unpaired) electrons. The summed E-state index contributed by atoms with van der Waals surface area (Å²) in [5.41, 5.74) is 1.02. The minimum Gasteiger partial charge on any atom is -0.463 e. The third-order valence-corrected chi connectivity index (χ3v) is 7.07. The van der Waals surface area contributed by atoms with Crippen LogP contribution < -0.4 is 0 Å². The van der Waals surface area contributed by atoms with E-state index in [1.54, 1.807) is 0 Å².